The number of methoxy groups -OCH3 is 1. The largest absolute Gasteiger partial charge is 0.493 e. The predicted molar refractivity (Wildman–Crippen MR) is 116 cm³/mol. The van der Waals surface area contributed by atoms with E-state index < -0.39 is 0 Å². The minimum atomic E-state index is -0.271. The molecule has 0 fully saturated rings. The predicted octanol–water partition coefficient (Wildman–Crippen LogP) is 3.43. The van der Waals surface area contributed by atoms with Gasteiger partial charge >= 0.3 is 0 Å². The van der Waals surface area contributed by atoms with Crippen LogP contribution in [0.25, 0.3) is 5.82 Å². The second kappa shape index (κ2) is 9.40. The number of hydrogen-bond acceptors (Lipinski definition) is 7. The van der Waals surface area contributed by atoms with E-state index in [2.05, 4.69) is 25.6 Å². The molecule has 2 aromatic heterocycles. The molecule has 156 valence electrons. The summed E-state index contributed by atoms with van der Waals surface area (Å²) in [4.78, 5) is 24.7. The lowest BCUT2D eigenvalue weighted by molar-refractivity contribution is -0.118. The summed E-state index contributed by atoms with van der Waals surface area (Å²) >= 11 is 0. The fourth-order valence-corrected chi connectivity index (χ4v) is 2.81. The number of rotatable bonds is 8. The lowest BCUT2D eigenvalue weighted by Crippen LogP contribution is -2.20. The van der Waals surface area contributed by atoms with Gasteiger partial charge in [-0.15, -0.1) is 0 Å². The van der Waals surface area contributed by atoms with Crippen molar-refractivity contribution >= 4 is 23.1 Å². The number of nitrogens with one attached hydrogen (secondary N) is 2. The minimum Gasteiger partial charge on any atom is -0.493 e. The normalized spacial score (nSPS) is 10.4. The van der Waals surface area contributed by atoms with Gasteiger partial charge in [0.2, 0.25) is 0 Å². The van der Waals surface area contributed by atoms with Gasteiger partial charge in [-0.25, -0.2) is 15.0 Å². The van der Waals surface area contributed by atoms with E-state index >= 15 is 0 Å². The molecule has 9 heteroatoms. The molecule has 0 spiro atoms. The zero-order chi connectivity index (χ0) is 21.5. The second-order valence-corrected chi connectivity index (χ2v) is 6.42. The molecule has 0 saturated carbocycles. The number of hydrogen-bond donors (Lipinski definition) is 2. The number of nitrogens with zero attached hydrogens (tertiary/aromatic N) is 4. The van der Waals surface area contributed by atoms with Crippen LogP contribution in [0.2, 0.25) is 0 Å². The van der Waals surface area contributed by atoms with Crippen LogP contribution in [-0.2, 0) is 4.79 Å². The van der Waals surface area contributed by atoms with E-state index in [1.807, 2.05) is 30.3 Å². The van der Waals surface area contributed by atoms with Crippen molar-refractivity contribution in [3.8, 4) is 17.3 Å². The Bertz CT molecular complexity index is 1150. The molecule has 0 unspecified atom stereocenters. The van der Waals surface area contributed by atoms with Gasteiger partial charge < -0.3 is 20.1 Å². The summed E-state index contributed by atoms with van der Waals surface area (Å²) in [7, 11) is 1.55. The Balaban J connectivity index is 1.33. The number of aromatic nitrogens is 4. The molecule has 0 bridgehead atoms. The van der Waals surface area contributed by atoms with Crippen LogP contribution in [0.15, 0.2) is 79.6 Å². The van der Waals surface area contributed by atoms with E-state index in [1.165, 1.54) is 6.33 Å². The molecule has 0 aliphatic rings. The molecule has 2 aromatic carbocycles. The lowest BCUT2D eigenvalue weighted by atomic mass is 10.2. The van der Waals surface area contributed by atoms with Crippen LogP contribution >= 0.6 is 0 Å². The van der Waals surface area contributed by atoms with Crippen molar-refractivity contribution in [3.63, 3.8) is 0 Å². The van der Waals surface area contributed by atoms with Gasteiger partial charge in [-0.05, 0) is 36.4 Å². The van der Waals surface area contributed by atoms with Crippen molar-refractivity contribution in [1.29, 1.82) is 0 Å². The molecule has 0 saturated heterocycles. The third kappa shape index (κ3) is 5.15. The van der Waals surface area contributed by atoms with Crippen molar-refractivity contribution < 1.29 is 14.3 Å². The van der Waals surface area contributed by atoms with Crippen LogP contribution in [0.3, 0.4) is 0 Å². The molecule has 2 heterocycles. The minimum absolute atomic E-state index is 0.127. The van der Waals surface area contributed by atoms with Gasteiger partial charge in [0.15, 0.2) is 18.1 Å². The van der Waals surface area contributed by atoms with E-state index in [9.17, 15) is 4.79 Å². The monoisotopic (exact) mass is 416 g/mol. The van der Waals surface area contributed by atoms with Gasteiger partial charge in [-0.3, -0.25) is 9.36 Å². The van der Waals surface area contributed by atoms with Crippen molar-refractivity contribution in [2.45, 2.75) is 0 Å². The van der Waals surface area contributed by atoms with Crippen molar-refractivity contribution in [2.24, 2.45) is 0 Å². The number of carbonyl (C=O) groups is 1. The molecule has 0 aliphatic heterocycles. The van der Waals surface area contributed by atoms with E-state index in [4.69, 9.17) is 9.47 Å². The van der Waals surface area contributed by atoms with Gasteiger partial charge in [0, 0.05) is 29.8 Å². The zero-order valence-electron chi connectivity index (χ0n) is 16.7. The number of para-hydroxylation sites is 2. The highest BCUT2D eigenvalue weighted by molar-refractivity contribution is 5.92. The molecule has 9 nitrogen and oxygen atoms in total. The summed E-state index contributed by atoms with van der Waals surface area (Å²) in [6.07, 6.45) is 6.64. The van der Waals surface area contributed by atoms with Gasteiger partial charge in [-0.2, -0.15) is 0 Å². The number of benzene rings is 2. The molecular formula is C22H20N6O3. The number of anilines is 3. The number of imidazole rings is 1. The van der Waals surface area contributed by atoms with Gasteiger partial charge in [0.25, 0.3) is 5.91 Å². The summed E-state index contributed by atoms with van der Waals surface area (Å²) in [6.45, 7) is -0.127. The van der Waals surface area contributed by atoms with E-state index in [0.29, 0.717) is 28.8 Å². The standard InChI is InChI=1S/C22H20N6O3/c1-30-18-4-2-3-5-19(18)31-13-22(29)27-17-8-6-16(7-9-17)26-20-12-21(25-14-24-20)28-11-10-23-15-28/h2-12,14-15H,13H2,1H3,(H,27,29)(H,24,25,26). The first-order valence-electron chi connectivity index (χ1n) is 9.44. The Morgan fingerprint density at radius 2 is 1.81 bits per heavy atom. The quantitative estimate of drug-likeness (QED) is 0.454. The van der Waals surface area contributed by atoms with E-state index in [0.717, 1.165) is 5.69 Å². The summed E-state index contributed by atoms with van der Waals surface area (Å²) in [5, 5.41) is 6.01. The Hall–Kier alpha value is -4.40. The average molecular weight is 416 g/mol. The third-order valence-electron chi connectivity index (χ3n) is 4.29. The maximum Gasteiger partial charge on any atom is 0.262 e. The van der Waals surface area contributed by atoms with Crippen molar-refractivity contribution in [2.75, 3.05) is 24.4 Å². The molecular weight excluding hydrogens is 396 g/mol. The average Bonchev–Trinajstić information content (AvgIpc) is 3.34. The Morgan fingerprint density at radius 3 is 2.55 bits per heavy atom. The molecule has 31 heavy (non-hydrogen) atoms. The van der Waals surface area contributed by atoms with Crippen LogP contribution in [0, 0.1) is 0 Å². The van der Waals surface area contributed by atoms with Crippen LogP contribution in [0.4, 0.5) is 17.2 Å². The van der Waals surface area contributed by atoms with Crippen LogP contribution in [0.1, 0.15) is 0 Å². The zero-order valence-corrected chi connectivity index (χ0v) is 16.7. The van der Waals surface area contributed by atoms with Gasteiger partial charge in [0.1, 0.15) is 24.3 Å². The van der Waals surface area contributed by atoms with Gasteiger partial charge in [-0.1, -0.05) is 12.1 Å². The molecule has 0 atom stereocenters. The fourth-order valence-electron chi connectivity index (χ4n) is 2.81. The summed E-state index contributed by atoms with van der Waals surface area (Å²) in [5.41, 5.74) is 1.47. The van der Waals surface area contributed by atoms with Crippen LogP contribution < -0.4 is 20.1 Å². The van der Waals surface area contributed by atoms with Crippen LogP contribution in [-0.4, -0.2) is 39.1 Å². The maximum atomic E-state index is 12.2. The molecule has 1 amide bonds. The first kappa shape index (κ1) is 19.9. The molecule has 4 aromatic rings. The number of amides is 1. The van der Waals surface area contributed by atoms with Gasteiger partial charge in [0.05, 0.1) is 7.11 Å². The SMILES string of the molecule is COc1ccccc1OCC(=O)Nc1ccc(Nc2cc(-n3ccnc3)ncn2)cc1. The third-order valence-corrected chi connectivity index (χ3v) is 4.29. The molecule has 0 radical (unpaired) electrons. The van der Waals surface area contributed by atoms with E-state index in [-0.39, 0.29) is 12.5 Å². The first-order chi connectivity index (χ1) is 15.2. The lowest BCUT2D eigenvalue weighted by Gasteiger charge is -2.11. The summed E-state index contributed by atoms with van der Waals surface area (Å²) < 4.78 is 12.5. The molecule has 4 rings (SSSR count). The smallest absolute Gasteiger partial charge is 0.262 e. The van der Waals surface area contributed by atoms with Crippen molar-refractivity contribution in [3.05, 3.63) is 79.6 Å². The molecule has 2 N–H and O–H groups in total. The van der Waals surface area contributed by atoms with Crippen molar-refractivity contribution in [1.82, 2.24) is 19.5 Å². The van der Waals surface area contributed by atoms with Crippen LogP contribution in [0.5, 0.6) is 11.5 Å². The Kier molecular flexibility index (Phi) is 6.03. The Labute approximate surface area is 178 Å². The first-order valence-corrected chi connectivity index (χ1v) is 9.44. The maximum absolute atomic E-state index is 12.2. The highest BCUT2D eigenvalue weighted by atomic mass is 16.5. The summed E-state index contributed by atoms with van der Waals surface area (Å²) in [5.74, 6) is 2.16. The topological polar surface area (TPSA) is 103 Å². The Morgan fingerprint density at radius 1 is 1.03 bits per heavy atom. The number of ether oxygens (including phenoxy) is 2. The highest BCUT2D eigenvalue weighted by Gasteiger charge is 2.08. The highest BCUT2D eigenvalue weighted by Crippen LogP contribution is 2.25. The molecule has 0 aliphatic carbocycles. The second-order valence-electron chi connectivity index (χ2n) is 6.42. The fraction of sp³-hybridized carbons (Fsp3) is 0.0909. The summed E-state index contributed by atoms with van der Waals surface area (Å²) in [6, 6.07) is 16.3. The number of carbonyl (C=O) groups excluding carboxylic acids is 1. The van der Waals surface area contributed by atoms with E-state index in [1.54, 1.807) is 54.7 Å².